The Bertz CT molecular complexity index is 795. The number of thioether (sulfide) groups is 1. The summed E-state index contributed by atoms with van der Waals surface area (Å²) in [6.07, 6.45) is 7.14. The summed E-state index contributed by atoms with van der Waals surface area (Å²) in [5.41, 5.74) is 0.762. The van der Waals surface area contributed by atoms with Gasteiger partial charge in [-0.15, -0.1) is 22.0 Å². The van der Waals surface area contributed by atoms with Crippen molar-refractivity contribution < 1.29 is 4.79 Å². The van der Waals surface area contributed by atoms with E-state index in [2.05, 4.69) is 32.1 Å². The number of carbonyl (C=O) groups is 1. The van der Waals surface area contributed by atoms with Gasteiger partial charge in [-0.25, -0.2) is 0 Å². The van der Waals surface area contributed by atoms with Crippen molar-refractivity contribution in [2.75, 3.05) is 55.3 Å². The molecule has 0 aliphatic carbocycles. The molecule has 0 N–H and O–H groups in total. The van der Waals surface area contributed by atoms with Crippen molar-refractivity contribution in [2.24, 2.45) is 0 Å². The maximum absolute atomic E-state index is 12.8. The second-order valence-electron chi connectivity index (χ2n) is 7.66. The molecule has 3 heterocycles. The Hall–Kier alpha value is -2.28. The Morgan fingerprint density at radius 3 is 1.83 bits per heavy atom. The third-order valence-corrected chi connectivity index (χ3v) is 6.54. The first kappa shape index (κ1) is 20.0. The highest BCUT2D eigenvalue weighted by atomic mass is 32.2. The summed E-state index contributed by atoms with van der Waals surface area (Å²) in [7, 11) is 0. The summed E-state index contributed by atoms with van der Waals surface area (Å²) in [4.78, 5) is 20.4. The van der Waals surface area contributed by atoms with E-state index in [1.54, 1.807) is 11.8 Å². The van der Waals surface area contributed by atoms with Crippen LogP contribution < -0.4 is 9.80 Å². The Morgan fingerprint density at radius 1 is 0.759 bits per heavy atom. The molecule has 2 fully saturated rings. The zero-order chi connectivity index (χ0) is 20.1. The van der Waals surface area contributed by atoms with Crippen LogP contribution in [0.15, 0.2) is 41.3 Å². The van der Waals surface area contributed by atoms with Crippen LogP contribution in [0.2, 0.25) is 0 Å². The van der Waals surface area contributed by atoms with Crippen molar-refractivity contribution in [2.45, 2.75) is 30.6 Å². The molecule has 1 aromatic carbocycles. The normalized spacial score (nSPS) is 17.9. The van der Waals surface area contributed by atoms with Gasteiger partial charge in [0.15, 0.2) is 11.6 Å². The lowest BCUT2D eigenvalue weighted by molar-refractivity contribution is 0.0746. The van der Waals surface area contributed by atoms with Gasteiger partial charge in [-0.1, -0.05) is 12.8 Å². The van der Waals surface area contributed by atoms with E-state index in [4.69, 9.17) is 0 Å². The lowest BCUT2D eigenvalue weighted by Gasteiger charge is -2.35. The summed E-state index contributed by atoms with van der Waals surface area (Å²) in [6, 6.07) is 12.0. The van der Waals surface area contributed by atoms with E-state index in [1.807, 2.05) is 35.4 Å². The fourth-order valence-corrected chi connectivity index (χ4v) is 4.42. The second kappa shape index (κ2) is 9.48. The van der Waals surface area contributed by atoms with Crippen LogP contribution in [-0.2, 0) is 0 Å². The van der Waals surface area contributed by atoms with E-state index in [-0.39, 0.29) is 5.91 Å². The molecule has 2 aliphatic rings. The molecule has 0 bridgehead atoms. The fourth-order valence-electron chi connectivity index (χ4n) is 4.01. The summed E-state index contributed by atoms with van der Waals surface area (Å²) >= 11 is 1.69. The Balaban J connectivity index is 1.33. The second-order valence-corrected chi connectivity index (χ2v) is 8.54. The molecule has 154 valence electrons. The van der Waals surface area contributed by atoms with E-state index in [9.17, 15) is 4.79 Å². The summed E-state index contributed by atoms with van der Waals surface area (Å²) < 4.78 is 0. The number of benzene rings is 1. The van der Waals surface area contributed by atoms with Gasteiger partial charge in [0.05, 0.1) is 0 Å². The van der Waals surface area contributed by atoms with Gasteiger partial charge in [-0.05, 0) is 55.5 Å². The molecule has 0 spiro atoms. The van der Waals surface area contributed by atoms with E-state index in [0.29, 0.717) is 13.1 Å². The molecule has 0 unspecified atom stereocenters. The summed E-state index contributed by atoms with van der Waals surface area (Å²) in [5.74, 6) is 2.00. The van der Waals surface area contributed by atoms with Crippen molar-refractivity contribution in [3.8, 4) is 0 Å². The molecule has 2 aromatic rings. The molecular weight excluding hydrogens is 382 g/mol. The topological polar surface area (TPSA) is 52.6 Å². The third kappa shape index (κ3) is 4.83. The largest absolute Gasteiger partial charge is 0.355 e. The van der Waals surface area contributed by atoms with Crippen LogP contribution >= 0.6 is 11.8 Å². The lowest BCUT2D eigenvalue weighted by atomic mass is 10.2. The van der Waals surface area contributed by atoms with Crippen LogP contribution in [0.4, 0.5) is 11.6 Å². The van der Waals surface area contributed by atoms with Gasteiger partial charge >= 0.3 is 0 Å². The van der Waals surface area contributed by atoms with Crippen LogP contribution in [0.5, 0.6) is 0 Å². The van der Waals surface area contributed by atoms with Crippen molar-refractivity contribution in [1.29, 1.82) is 0 Å². The maximum Gasteiger partial charge on any atom is 0.253 e. The molecule has 0 atom stereocenters. The van der Waals surface area contributed by atoms with E-state index in [0.717, 1.165) is 43.4 Å². The minimum atomic E-state index is 0.111. The smallest absolute Gasteiger partial charge is 0.253 e. The summed E-state index contributed by atoms with van der Waals surface area (Å²) in [6.45, 7) is 5.13. The van der Waals surface area contributed by atoms with Gasteiger partial charge < -0.3 is 14.7 Å². The number of hydrogen-bond donors (Lipinski definition) is 0. The highest BCUT2D eigenvalue weighted by Crippen LogP contribution is 2.21. The van der Waals surface area contributed by atoms with Gasteiger partial charge in [0.2, 0.25) is 0 Å². The zero-order valence-corrected chi connectivity index (χ0v) is 17.9. The number of rotatable bonds is 4. The number of nitrogens with zero attached hydrogens (tertiary/aromatic N) is 5. The number of carbonyl (C=O) groups excluding carboxylic acids is 1. The fraction of sp³-hybridized carbons (Fsp3) is 0.500. The predicted molar refractivity (Wildman–Crippen MR) is 119 cm³/mol. The highest BCUT2D eigenvalue weighted by molar-refractivity contribution is 7.98. The van der Waals surface area contributed by atoms with E-state index < -0.39 is 0 Å². The predicted octanol–water partition coefficient (Wildman–Crippen LogP) is 3.54. The molecule has 2 saturated heterocycles. The molecule has 1 aromatic heterocycles. The van der Waals surface area contributed by atoms with Crippen LogP contribution in [0.3, 0.4) is 0 Å². The minimum absolute atomic E-state index is 0.111. The molecule has 29 heavy (non-hydrogen) atoms. The van der Waals surface area contributed by atoms with Gasteiger partial charge in [0.25, 0.3) is 5.91 Å². The Kier molecular flexibility index (Phi) is 6.54. The van der Waals surface area contributed by atoms with Gasteiger partial charge in [0, 0.05) is 49.7 Å². The van der Waals surface area contributed by atoms with Crippen molar-refractivity contribution in [1.82, 2.24) is 15.1 Å². The van der Waals surface area contributed by atoms with Gasteiger partial charge in [0.1, 0.15) is 0 Å². The number of amides is 1. The Labute approximate surface area is 177 Å². The molecule has 0 saturated carbocycles. The lowest BCUT2D eigenvalue weighted by Crippen LogP contribution is -2.49. The van der Waals surface area contributed by atoms with Crippen LogP contribution in [0.25, 0.3) is 0 Å². The number of piperazine rings is 1. The SMILES string of the molecule is CSc1ccc(C(=O)N2CCN(c3ccc(N4CCCCCC4)nn3)CC2)cc1. The number of hydrogen-bond acceptors (Lipinski definition) is 6. The Morgan fingerprint density at radius 2 is 1.31 bits per heavy atom. The average molecular weight is 412 g/mol. The van der Waals surface area contributed by atoms with Crippen LogP contribution in [-0.4, -0.2) is 66.5 Å². The average Bonchev–Trinajstić information content (AvgIpc) is 3.09. The first-order valence-electron chi connectivity index (χ1n) is 10.5. The minimum Gasteiger partial charge on any atom is -0.355 e. The van der Waals surface area contributed by atoms with Crippen LogP contribution in [0, 0.1) is 0 Å². The molecule has 1 amide bonds. The number of anilines is 2. The first-order chi connectivity index (χ1) is 14.2. The monoisotopic (exact) mass is 411 g/mol. The molecule has 7 heteroatoms. The van der Waals surface area contributed by atoms with E-state index >= 15 is 0 Å². The number of aromatic nitrogens is 2. The molecular formula is C22H29N5OS. The summed E-state index contributed by atoms with van der Waals surface area (Å²) in [5, 5.41) is 8.97. The van der Waals surface area contributed by atoms with Crippen molar-refractivity contribution >= 4 is 29.3 Å². The standard InChI is InChI=1S/C22H29N5OS/c1-29-19-8-6-18(7-9-19)22(28)27-16-14-26(15-17-27)21-11-10-20(23-24-21)25-12-4-2-3-5-13-25/h6-11H,2-5,12-17H2,1H3. The van der Waals surface area contributed by atoms with Crippen LogP contribution in [0.1, 0.15) is 36.0 Å². The van der Waals surface area contributed by atoms with Crippen molar-refractivity contribution in [3.63, 3.8) is 0 Å². The maximum atomic E-state index is 12.8. The molecule has 6 nitrogen and oxygen atoms in total. The van der Waals surface area contributed by atoms with Gasteiger partial charge in [-0.2, -0.15) is 0 Å². The third-order valence-electron chi connectivity index (χ3n) is 5.79. The molecule has 4 rings (SSSR count). The zero-order valence-electron chi connectivity index (χ0n) is 17.1. The quantitative estimate of drug-likeness (QED) is 0.718. The van der Waals surface area contributed by atoms with Gasteiger partial charge in [-0.3, -0.25) is 4.79 Å². The van der Waals surface area contributed by atoms with Crippen molar-refractivity contribution in [3.05, 3.63) is 42.0 Å². The van der Waals surface area contributed by atoms with E-state index in [1.165, 1.54) is 30.6 Å². The highest BCUT2D eigenvalue weighted by Gasteiger charge is 2.23. The first-order valence-corrected chi connectivity index (χ1v) is 11.7. The molecule has 0 radical (unpaired) electrons. The molecule has 2 aliphatic heterocycles.